The van der Waals surface area contributed by atoms with Gasteiger partial charge in [-0.3, -0.25) is 4.90 Å². The number of rotatable bonds is 5. The third kappa shape index (κ3) is 3.46. The summed E-state index contributed by atoms with van der Waals surface area (Å²) in [6.45, 7) is 11.4. The number of aromatic nitrogens is 1. The van der Waals surface area contributed by atoms with Crippen molar-refractivity contribution in [2.24, 2.45) is 0 Å². The first-order valence-corrected chi connectivity index (χ1v) is 7.46. The van der Waals surface area contributed by atoms with Gasteiger partial charge in [-0.2, -0.15) is 0 Å². The van der Waals surface area contributed by atoms with Crippen LogP contribution in [-0.4, -0.2) is 48.6 Å². The molecule has 0 saturated carbocycles. The summed E-state index contributed by atoms with van der Waals surface area (Å²) in [5, 5.41) is 3.16. The number of halogens is 1. The van der Waals surface area contributed by atoms with Gasteiger partial charge in [-0.1, -0.05) is 6.92 Å². The molecular formula is C15H25FN4. The Kier molecular flexibility index (Phi) is 5.31. The van der Waals surface area contributed by atoms with Crippen LogP contribution in [0, 0.1) is 5.82 Å². The summed E-state index contributed by atoms with van der Waals surface area (Å²) in [5.41, 5.74) is 0.697. The van der Waals surface area contributed by atoms with Gasteiger partial charge in [0.1, 0.15) is 0 Å². The Bertz CT molecular complexity index is 428. The highest BCUT2D eigenvalue weighted by atomic mass is 19.1. The number of hydrogen-bond acceptors (Lipinski definition) is 4. The number of nitrogens with zero attached hydrogens (tertiary/aromatic N) is 3. The summed E-state index contributed by atoms with van der Waals surface area (Å²) in [5.74, 6) is 0.329. The van der Waals surface area contributed by atoms with E-state index in [1.54, 1.807) is 12.3 Å². The van der Waals surface area contributed by atoms with Crippen molar-refractivity contribution in [3.8, 4) is 0 Å². The molecule has 1 fully saturated rings. The molecule has 1 aliphatic rings. The molecule has 1 aliphatic heterocycles. The third-order valence-electron chi connectivity index (χ3n) is 3.86. The summed E-state index contributed by atoms with van der Waals surface area (Å²) >= 11 is 0. The molecule has 112 valence electrons. The lowest BCUT2D eigenvalue weighted by Gasteiger charge is -2.37. The first-order valence-electron chi connectivity index (χ1n) is 7.46. The van der Waals surface area contributed by atoms with Crippen molar-refractivity contribution in [2.45, 2.75) is 33.4 Å². The minimum absolute atomic E-state index is 0.175. The largest absolute Gasteiger partial charge is 0.352 e. The van der Waals surface area contributed by atoms with Crippen molar-refractivity contribution in [3.05, 3.63) is 23.6 Å². The van der Waals surface area contributed by atoms with Crippen LogP contribution in [0.1, 0.15) is 26.3 Å². The van der Waals surface area contributed by atoms with Crippen LogP contribution in [-0.2, 0) is 6.54 Å². The van der Waals surface area contributed by atoms with Gasteiger partial charge in [0.25, 0.3) is 0 Å². The fourth-order valence-electron chi connectivity index (χ4n) is 2.54. The molecule has 2 rings (SSSR count). The Labute approximate surface area is 121 Å². The van der Waals surface area contributed by atoms with E-state index in [0.29, 0.717) is 24.0 Å². The van der Waals surface area contributed by atoms with Gasteiger partial charge in [0.05, 0.1) is 0 Å². The highest BCUT2D eigenvalue weighted by molar-refractivity contribution is 5.43. The van der Waals surface area contributed by atoms with Crippen LogP contribution in [0.4, 0.5) is 10.2 Å². The molecule has 20 heavy (non-hydrogen) atoms. The second-order valence-electron chi connectivity index (χ2n) is 5.50. The van der Waals surface area contributed by atoms with Gasteiger partial charge in [-0.25, -0.2) is 9.37 Å². The topological polar surface area (TPSA) is 31.4 Å². The predicted molar refractivity (Wildman–Crippen MR) is 80.5 cm³/mol. The molecule has 1 N–H and O–H groups in total. The zero-order valence-corrected chi connectivity index (χ0v) is 12.7. The summed E-state index contributed by atoms with van der Waals surface area (Å²) in [7, 11) is 0. The number of anilines is 1. The van der Waals surface area contributed by atoms with Gasteiger partial charge < -0.3 is 10.2 Å². The van der Waals surface area contributed by atoms with Gasteiger partial charge in [-0.15, -0.1) is 0 Å². The molecular weight excluding hydrogens is 255 g/mol. The molecule has 1 aromatic heterocycles. The predicted octanol–water partition coefficient (Wildman–Crippen LogP) is 1.86. The quantitative estimate of drug-likeness (QED) is 0.892. The molecule has 0 unspecified atom stereocenters. The van der Waals surface area contributed by atoms with E-state index in [0.717, 1.165) is 32.7 Å². The average Bonchev–Trinajstić information content (AvgIpc) is 2.46. The molecule has 0 aliphatic carbocycles. The molecule has 5 heteroatoms. The smallest absolute Gasteiger partial charge is 0.170 e. The molecule has 0 amide bonds. The van der Waals surface area contributed by atoms with Crippen molar-refractivity contribution >= 4 is 5.82 Å². The Hall–Kier alpha value is -1.20. The lowest BCUT2D eigenvalue weighted by atomic mass is 10.2. The minimum atomic E-state index is -0.175. The van der Waals surface area contributed by atoms with Crippen LogP contribution in [0.3, 0.4) is 0 Å². The minimum Gasteiger partial charge on any atom is -0.352 e. The molecule has 1 saturated heterocycles. The molecule has 0 spiro atoms. The van der Waals surface area contributed by atoms with Crippen molar-refractivity contribution in [3.63, 3.8) is 0 Å². The number of piperazine rings is 1. The van der Waals surface area contributed by atoms with E-state index in [1.807, 2.05) is 6.92 Å². The zero-order valence-electron chi connectivity index (χ0n) is 12.7. The van der Waals surface area contributed by atoms with Crippen molar-refractivity contribution < 1.29 is 4.39 Å². The average molecular weight is 280 g/mol. The van der Waals surface area contributed by atoms with E-state index < -0.39 is 0 Å². The van der Waals surface area contributed by atoms with Gasteiger partial charge in [0.15, 0.2) is 11.6 Å². The van der Waals surface area contributed by atoms with E-state index in [1.165, 1.54) is 0 Å². The number of hydrogen-bond donors (Lipinski definition) is 1. The zero-order chi connectivity index (χ0) is 14.5. The first-order chi connectivity index (χ1) is 9.63. The number of nitrogens with one attached hydrogen (secondary N) is 1. The van der Waals surface area contributed by atoms with Crippen LogP contribution in [0.5, 0.6) is 0 Å². The standard InChI is InChI=1S/C15H25FN4/c1-4-17-11-13-5-6-18-15(14(13)16)20-9-7-19(8-10-20)12(2)3/h5-6,12,17H,4,7-11H2,1-3H3. The molecule has 0 bridgehead atoms. The summed E-state index contributed by atoms with van der Waals surface area (Å²) in [6.07, 6.45) is 1.71. The Balaban J connectivity index is 2.06. The van der Waals surface area contributed by atoms with E-state index in [9.17, 15) is 4.39 Å². The second-order valence-corrected chi connectivity index (χ2v) is 5.50. The van der Waals surface area contributed by atoms with E-state index in [-0.39, 0.29) is 5.82 Å². The maximum atomic E-state index is 14.5. The third-order valence-corrected chi connectivity index (χ3v) is 3.86. The van der Waals surface area contributed by atoms with Crippen molar-refractivity contribution in [1.82, 2.24) is 15.2 Å². The van der Waals surface area contributed by atoms with Crippen LogP contribution >= 0.6 is 0 Å². The lowest BCUT2D eigenvalue weighted by molar-refractivity contribution is 0.208. The lowest BCUT2D eigenvalue weighted by Crippen LogP contribution is -2.49. The summed E-state index contributed by atoms with van der Waals surface area (Å²) in [4.78, 5) is 8.72. The van der Waals surface area contributed by atoms with Crippen molar-refractivity contribution in [1.29, 1.82) is 0 Å². The highest BCUT2D eigenvalue weighted by Crippen LogP contribution is 2.21. The maximum absolute atomic E-state index is 14.5. The van der Waals surface area contributed by atoms with Gasteiger partial charge in [-0.05, 0) is 26.5 Å². The normalized spacial score (nSPS) is 16.9. The fourth-order valence-corrected chi connectivity index (χ4v) is 2.54. The monoisotopic (exact) mass is 280 g/mol. The van der Waals surface area contributed by atoms with Gasteiger partial charge in [0.2, 0.25) is 0 Å². The highest BCUT2D eigenvalue weighted by Gasteiger charge is 2.22. The Morgan fingerprint density at radius 1 is 1.30 bits per heavy atom. The first kappa shape index (κ1) is 15.2. The second kappa shape index (κ2) is 6.99. The van der Waals surface area contributed by atoms with Crippen LogP contribution < -0.4 is 10.2 Å². The molecule has 0 aromatic carbocycles. The molecule has 4 nitrogen and oxygen atoms in total. The maximum Gasteiger partial charge on any atom is 0.170 e. The van der Waals surface area contributed by atoms with Crippen LogP contribution in [0.2, 0.25) is 0 Å². The SMILES string of the molecule is CCNCc1ccnc(N2CCN(C(C)C)CC2)c1F. The number of pyridine rings is 1. The summed E-state index contributed by atoms with van der Waals surface area (Å²) < 4.78 is 14.5. The van der Waals surface area contributed by atoms with E-state index >= 15 is 0 Å². The van der Waals surface area contributed by atoms with Crippen molar-refractivity contribution in [2.75, 3.05) is 37.6 Å². The Morgan fingerprint density at radius 3 is 2.60 bits per heavy atom. The van der Waals surface area contributed by atoms with Gasteiger partial charge in [0, 0.05) is 50.5 Å². The van der Waals surface area contributed by atoms with E-state index in [2.05, 4.69) is 33.9 Å². The fraction of sp³-hybridized carbons (Fsp3) is 0.667. The van der Waals surface area contributed by atoms with Gasteiger partial charge >= 0.3 is 0 Å². The van der Waals surface area contributed by atoms with Crippen LogP contribution in [0.25, 0.3) is 0 Å². The molecule has 2 heterocycles. The van der Waals surface area contributed by atoms with Crippen LogP contribution in [0.15, 0.2) is 12.3 Å². The summed E-state index contributed by atoms with van der Waals surface area (Å²) in [6, 6.07) is 2.31. The molecule has 0 atom stereocenters. The molecule has 1 aromatic rings. The Morgan fingerprint density at radius 2 is 2.00 bits per heavy atom. The molecule has 0 radical (unpaired) electrons. The van der Waals surface area contributed by atoms with E-state index in [4.69, 9.17) is 0 Å².